The van der Waals surface area contributed by atoms with Gasteiger partial charge in [-0.15, -0.1) is 0 Å². The van der Waals surface area contributed by atoms with Crippen molar-refractivity contribution in [1.29, 1.82) is 0 Å². The van der Waals surface area contributed by atoms with Crippen LogP contribution in [0.4, 0.5) is 5.69 Å². The smallest absolute Gasteiger partial charge is 0.238 e. The summed E-state index contributed by atoms with van der Waals surface area (Å²) in [5.41, 5.74) is 7.42. The summed E-state index contributed by atoms with van der Waals surface area (Å²) in [6.45, 7) is 6.72. The number of rotatable bonds is 6. The maximum atomic E-state index is 12.0. The number of hydrogen-bond donors (Lipinski definition) is 2. The predicted octanol–water partition coefficient (Wildman–Crippen LogP) is 1.93. The third-order valence-electron chi connectivity index (χ3n) is 2.86. The molecule has 0 radical (unpaired) electrons. The van der Waals surface area contributed by atoms with Crippen LogP contribution in [0.5, 0.6) is 0 Å². The van der Waals surface area contributed by atoms with Gasteiger partial charge in [-0.2, -0.15) is 0 Å². The van der Waals surface area contributed by atoms with E-state index in [9.17, 15) is 4.79 Å². The first-order valence-electron chi connectivity index (χ1n) is 6.28. The number of hydrogen-bond acceptors (Lipinski definition) is 3. The molecular formula is C14H21N3OS. The topological polar surface area (TPSA) is 58.4 Å². The number of thiocarbonyl (C=S) groups is 1. The largest absolute Gasteiger partial charge is 0.392 e. The van der Waals surface area contributed by atoms with Crippen molar-refractivity contribution >= 4 is 28.8 Å². The molecule has 3 N–H and O–H groups in total. The fourth-order valence-electron chi connectivity index (χ4n) is 1.71. The van der Waals surface area contributed by atoms with E-state index >= 15 is 0 Å². The van der Waals surface area contributed by atoms with Crippen molar-refractivity contribution in [3.05, 3.63) is 29.8 Å². The molecular weight excluding hydrogens is 258 g/mol. The fourth-order valence-corrected chi connectivity index (χ4v) is 1.87. The van der Waals surface area contributed by atoms with Gasteiger partial charge in [0, 0.05) is 18.3 Å². The van der Waals surface area contributed by atoms with Crippen LogP contribution in [0.15, 0.2) is 24.3 Å². The Morgan fingerprint density at radius 2 is 2.00 bits per heavy atom. The number of nitrogens with two attached hydrogens (primary N) is 1. The third kappa shape index (κ3) is 5.36. The molecule has 0 heterocycles. The van der Waals surface area contributed by atoms with Gasteiger partial charge in [0.2, 0.25) is 5.91 Å². The van der Waals surface area contributed by atoms with Crippen LogP contribution < -0.4 is 11.1 Å². The standard InChI is InChI=1S/C14H21N3OS/c1-10(2)17(8-13(15)19)9-14(18)16-12-7-5-4-6-11(12)3/h4-7,10H,8-9H2,1-3H3,(H2,15,19)(H,16,18). The summed E-state index contributed by atoms with van der Waals surface area (Å²) in [6, 6.07) is 7.91. The molecule has 1 rings (SSSR count). The van der Waals surface area contributed by atoms with E-state index in [-0.39, 0.29) is 18.5 Å². The number of nitrogens with one attached hydrogen (secondary N) is 1. The molecule has 0 aliphatic heterocycles. The van der Waals surface area contributed by atoms with Gasteiger partial charge in [-0.05, 0) is 32.4 Å². The van der Waals surface area contributed by atoms with Gasteiger partial charge < -0.3 is 11.1 Å². The number of carbonyl (C=O) groups excluding carboxylic acids is 1. The van der Waals surface area contributed by atoms with Gasteiger partial charge in [0.1, 0.15) is 0 Å². The highest BCUT2D eigenvalue weighted by Gasteiger charge is 2.15. The van der Waals surface area contributed by atoms with Crippen molar-refractivity contribution in [1.82, 2.24) is 4.90 Å². The van der Waals surface area contributed by atoms with E-state index in [4.69, 9.17) is 18.0 Å². The second-order valence-electron chi connectivity index (χ2n) is 4.83. The normalized spacial score (nSPS) is 10.8. The molecule has 0 aliphatic rings. The molecule has 1 amide bonds. The molecule has 0 fully saturated rings. The first-order chi connectivity index (χ1) is 8.90. The Bertz CT molecular complexity index is 460. The molecule has 104 valence electrons. The lowest BCUT2D eigenvalue weighted by atomic mass is 10.2. The first-order valence-corrected chi connectivity index (χ1v) is 6.68. The Kier molecular flexibility index (Phi) is 5.92. The molecule has 19 heavy (non-hydrogen) atoms. The van der Waals surface area contributed by atoms with E-state index in [2.05, 4.69) is 5.32 Å². The average molecular weight is 279 g/mol. The Labute approximate surface area is 120 Å². The Balaban J connectivity index is 2.63. The highest BCUT2D eigenvalue weighted by Crippen LogP contribution is 2.13. The van der Waals surface area contributed by atoms with Crippen LogP contribution >= 0.6 is 12.2 Å². The molecule has 0 atom stereocenters. The summed E-state index contributed by atoms with van der Waals surface area (Å²) >= 11 is 4.90. The number of benzene rings is 1. The summed E-state index contributed by atoms with van der Waals surface area (Å²) in [4.78, 5) is 14.4. The van der Waals surface area contributed by atoms with Crippen molar-refractivity contribution in [3.8, 4) is 0 Å². The molecule has 0 bridgehead atoms. The second kappa shape index (κ2) is 7.21. The average Bonchev–Trinajstić information content (AvgIpc) is 2.30. The Morgan fingerprint density at radius 1 is 1.37 bits per heavy atom. The van der Waals surface area contributed by atoms with Gasteiger partial charge in [0.15, 0.2) is 0 Å². The quantitative estimate of drug-likeness (QED) is 0.781. The maximum Gasteiger partial charge on any atom is 0.238 e. The monoisotopic (exact) mass is 279 g/mol. The van der Waals surface area contributed by atoms with Gasteiger partial charge in [0.05, 0.1) is 11.5 Å². The number of para-hydroxylation sites is 1. The molecule has 0 aliphatic carbocycles. The van der Waals surface area contributed by atoms with Crippen LogP contribution in [0, 0.1) is 6.92 Å². The molecule has 4 nitrogen and oxygen atoms in total. The summed E-state index contributed by atoms with van der Waals surface area (Å²) in [6.07, 6.45) is 0. The van der Waals surface area contributed by atoms with Crippen molar-refractivity contribution < 1.29 is 4.79 Å². The first kappa shape index (κ1) is 15.6. The minimum atomic E-state index is -0.0562. The van der Waals surface area contributed by atoms with Crippen LogP contribution in [0.3, 0.4) is 0 Å². The van der Waals surface area contributed by atoms with Crippen LogP contribution in [0.25, 0.3) is 0 Å². The predicted molar refractivity (Wildman–Crippen MR) is 83.3 cm³/mol. The van der Waals surface area contributed by atoms with Crippen LogP contribution in [0.1, 0.15) is 19.4 Å². The zero-order valence-corrected chi connectivity index (χ0v) is 12.5. The minimum absolute atomic E-state index is 0.0562. The van der Waals surface area contributed by atoms with E-state index in [0.29, 0.717) is 11.5 Å². The summed E-state index contributed by atoms with van der Waals surface area (Å²) in [5, 5.41) is 2.90. The lowest BCUT2D eigenvalue weighted by molar-refractivity contribution is -0.117. The van der Waals surface area contributed by atoms with Gasteiger partial charge in [-0.1, -0.05) is 30.4 Å². The van der Waals surface area contributed by atoms with E-state index < -0.39 is 0 Å². The SMILES string of the molecule is Cc1ccccc1NC(=O)CN(CC(N)=S)C(C)C. The van der Waals surface area contributed by atoms with Crippen molar-refractivity contribution in [3.63, 3.8) is 0 Å². The molecule has 0 spiro atoms. The highest BCUT2D eigenvalue weighted by atomic mass is 32.1. The van der Waals surface area contributed by atoms with E-state index in [0.717, 1.165) is 11.3 Å². The number of nitrogens with zero attached hydrogens (tertiary/aromatic N) is 1. The third-order valence-corrected chi connectivity index (χ3v) is 2.98. The number of carbonyl (C=O) groups is 1. The Hall–Kier alpha value is -1.46. The van der Waals surface area contributed by atoms with Crippen molar-refractivity contribution in [2.45, 2.75) is 26.8 Å². The number of anilines is 1. The summed E-state index contributed by atoms with van der Waals surface area (Å²) in [7, 11) is 0. The lowest BCUT2D eigenvalue weighted by Gasteiger charge is -2.25. The van der Waals surface area contributed by atoms with Crippen molar-refractivity contribution in [2.24, 2.45) is 5.73 Å². The van der Waals surface area contributed by atoms with Gasteiger partial charge >= 0.3 is 0 Å². The molecule has 0 saturated carbocycles. The molecule has 0 saturated heterocycles. The maximum absolute atomic E-state index is 12.0. The Morgan fingerprint density at radius 3 is 2.53 bits per heavy atom. The zero-order chi connectivity index (χ0) is 14.4. The fraction of sp³-hybridized carbons (Fsp3) is 0.429. The second-order valence-corrected chi connectivity index (χ2v) is 5.35. The number of amides is 1. The van der Waals surface area contributed by atoms with Crippen molar-refractivity contribution in [2.75, 3.05) is 18.4 Å². The van der Waals surface area contributed by atoms with Crippen LogP contribution in [-0.4, -0.2) is 34.9 Å². The van der Waals surface area contributed by atoms with Gasteiger partial charge in [-0.3, -0.25) is 9.69 Å². The molecule has 0 aromatic heterocycles. The highest BCUT2D eigenvalue weighted by molar-refractivity contribution is 7.80. The summed E-state index contributed by atoms with van der Waals surface area (Å²) < 4.78 is 0. The number of aryl methyl sites for hydroxylation is 1. The van der Waals surface area contributed by atoms with E-state index in [1.54, 1.807) is 0 Å². The minimum Gasteiger partial charge on any atom is -0.392 e. The van der Waals surface area contributed by atoms with E-state index in [1.807, 2.05) is 49.9 Å². The molecule has 0 unspecified atom stereocenters. The molecule has 5 heteroatoms. The van der Waals surface area contributed by atoms with Gasteiger partial charge in [-0.25, -0.2) is 0 Å². The lowest BCUT2D eigenvalue weighted by Crippen LogP contribution is -2.42. The summed E-state index contributed by atoms with van der Waals surface area (Å²) in [5.74, 6) is -0.0562. The molecule has 1 aromatic carbocycles. The zero-order valence-electron chi connectivity index (χ0n) is 11.6. The van der Waals surface area contributed by atoms with Crippen LogP contribution in [-0.2, 0) is 4.79 Å². The molecule has 1 aromatic rings. The van der Waals surface area contributed by atoms with E-state index in [1.165, 1.54) is 0 Å². The van der Waals surface area contributed by atoms with Crippen LogP contribution in [0.2, 0.25) is 0 Å². The van der Waals surface area contributed by atoms with Gasteiger partial charge in [0.25, 0.3) is 0 Å².